The molecular formula is C10H15ClN2O2S. The van der Waals surface area contributed by atoms with Gasteiger partial charge in [0, 0.05) is 13.1 Å². The van der Waals surface area contributed by atoms with Crippen LogP contribution in [0.5, 0.6) is 0 Å². The van der Waals surface area contributed by atoms with E-state index in [9.17, 15) is 8.42 Å². The predicted octanol–water partition coefficient (Wildman–Crippen LogP) is 0.759. The Morgan fingerprint density at radius 3 is 2.69 bits per heavy atom. The van der Waals surface area contributed by atoms with E-state index in [0.717, 1.165) is 17.7 Å². The van der Waals surface area contributed by atoms with E-state index in [4.69, 9.17) is 5.73 Å². The van der Waals surface area contributed by atoms with Gasteiger partial charge in [0.05, 0.1) is 11.4 Å². The summed E-state index contributed by atoms with van der Waals surface area (Å²) in [6.45, 7) is 0.711. The molecule has 0 unspecified atom stereocenters. The number of nitrogens with zero attached hydrogens (tertiary/aromatic N) is 1. The second-order valence-corrected chi connectivity index (χ2v) is 5.57. The third-order valence-electron chi connectivity index (χ3n) is 2.56. The van der Waals surface area contributed by atoms with Crippen molar-refractivity contribution in [1.29, 1.82) is 0 Å². The SMILES string of the molecule is Cl.NCCS(=O)(=O)N1CCc2ccccc21. The number of hydrogen-bond donors (Lipinski definition) is 1. The zero-order valence-corrected chi connectivity index (χ0v) is 10.4. The van der Waals surface area contributed by atoms with Gasteiger partial charge >= 0.3 is 0 Å². The highest BCUT2D eigenvalue weighted by Crippen LogP contribution is 2.29. The third-order valence-corrected chi connectivity index (χ3v) is 4.36. The number of hydrogen-bond acceptors (Lipinski definition) is 3. The summed E-state index contributed by atoms with van der Waals surface area (Å²) in [5, 5.41) is 0. The second-order valence-electron chi connectivity index (χ2n) is 3.56. The summed E-state index contributed by atoms with van der Waals surface area (Å²) < 4.78 is 25.2. The van der Waals surface area contributed by atoms with Crippen LogP contribution in [-0.2, 0) is 16.4 Å². The minimum Gasteiger partial charge on any atom is -0.329 e. The molecule has 1 heterocycles. The fourth-order valence-electron chi connectivity index (χ4n) is 1.86. The third kappa shape index (κ3) is 2.31. The van der Waals surface area contributed by atoms with E-state index in [2.05, 4.69) is 0 Å². The number of para-hydroxylation sites is 1. The van der Waals surface area contributed by atoms with Crippen molar-refractivity contribution in [3.05, 3.63) is 29.8 Å². The summed E-state index contributed by atoms with van der Waals surface area (Å²) in [4.78, 5) is 0. The van der Waals surface area contributed by atoms with Crippen molar-refractivity contribution in [2.24, 2.45) is 5.73 Å². The zero-order chi connectivity index (χ0) is 10.9. The number of anilines is 1. The molecule has 0 aliphatic carbocycles. The minimum absolute atomic E-state index is 0. The summed E-state index contributed by atoms with van der Waals surface area (Å²) in [6.07, 6.45) is 0.792. The molecule has 1 aromatic rings. The Kier molecular flexibility index (Phi) is 4.18. The zero-order valence-electron chi connectivity index (χ0n) is 8.80. The maximum atomic E-state index is 11.8. The fraction of sp³-hybridized carbons (Fsp3) is 0.400. The molecule has 90 valence electrons. The number of sulfonamides is 1. The largest absolute Gasteiger partial charge is 0.329 e. The van der Waals surface area contributed by atoms with Crippen LogP contribution in [0.15, 0.2) is 24.3 Å². The highest BCUT2D eigenvalue weighted by molar-refractivity contribution is 7.92. The first kappa shape index (κ1) is 13.3. The maximum absolute atomic E-state index is 11.8. The van der Waals surface area contributed by atoms with Gasteiger partial charge in [0.15, 0.2) is 0 Å². The van der Waals surface area contributed by atoms with Crippen LogP contribution in [0.25, 0.3) is 0 Å². The molecule has 0 atom stereocenters. The van der Waals surface area contributed by atoms with Gasteiger partial charge in [-0.15, -0.1) is 12.4 Å². The summed E-state index contributed by atoms with van der Waals surface area (Å²) in [7, 11) is -3.22. The van der Waals surface area contributed by atoms with Crippen LogP contribution in [0.2, 0.25) is 0 Å². The first-order valence-electron chi connectivity index (χ1n) is 4.93. The van der Waals surface area contributed by atoms with Gasteiger partial charge in [0.2, 0.25) is 10.0 Å². The van der Waals surface area contributed by atoms with E-state index >= 15 is 0 Å². The number of rotatable bonds is 3. The van der Waals surface area contributed by atoms with Gasteiger partial charge in [-0.1, -0.05) is 18.2 Å². The van der Waals surface area contributed by atoms with Crippen LogP contribution in [-0.4, -0.2) is 27.3 Å². The molecule has 0 spiro atoms. The lowest BCUT2D eigenvalue weighted by molar-refractivity contribution is 0.592. The molecular weight excluding hydrogens is 248 g/mol. The molecule has 6 heteroatoms. The van der Waals surface area contributed by atoms with Gasteiger partial charge in [-0.05, 0) is 18.1 Å². The van der Waals surface area contributed by atoms with E-state index < -0.39 is 10.0 Å². The average molecular weight is 263 g/mol. The van der Waals surface area contributed by atoms with Crippen LogP contribution in [0, 0.1) is 0 Å². The normalized spacial score (nSPS) is 14.4. The molecule has 16 heavy (non-hydrogen) atoms. The van der Waals surface area contributed by atoms with E-state index in [1.165, 1.54) is 4.31 Å². The van der Waals surface area contributed by atoms with Crippen molar-refractivity contribution >= 4 is 28.1 Å². The molecule has 1 aromatic carbocycles. The fourth-order valence-corrected chi connectivity index (χ4v) is 3.22. The maximum Gasteiger partial charge on any atom is 0.236 e. The number of nitrogens with two attached hydrogens (primary N) is 1. The molecule has 0 saturated carbocycles. The molecule has 1 aliphatic rings. The lowest BCUT2D eigenvalue weighted by Gasteiger charge is -2.18. The minimum atomic E-state index is -3.22. The van der Waals surface area contributed by atoms with Crippen molar-refractivity contribution in [3.8, 4) is 0 Å². The second kappa shape index (κ2) is 5.03. The van der Waals surface area contributed by atoms with Gasteiger partial charge in [-0.25, -0.2) is 8.42 Å². The molecule has 0 fully saturated rings. The van der Waals surface area contributed by atoms with E-state index in [-0.39, 0.29) is 24.7 Å². The van der Waals surface area contributed by atoms with Gasteiger partial charge in [0.25, 0.3) is 0 Å². The molecule has 2 N–H and O–H groups in total. The first-order valence-corrected chi connectivity index (χ1v) is 6.54. The van der Waals surface area contributed by atoms with E-state index in [1.807, 2.05) is 24.3 Å². The lowest BCUT2D eigenvalue weighted by atomic mass is 10.2. The molecule has 0 radical (unpaired) electrons. The Hall–Kier alpha value is -0.780. The van der Waals surface area contributed by atoms with Crippen LogP contribution in [0.3, 0.4) is 0 Å². The summed E-state index contributed by atoms with van der Waals surface area (Å²) in [5.41, 5.74) is 7.20. The molecule has 2 rings (SSSR count). The van der Waals surface area contributed by atoms with Crippen molar-refractivity contribution in [2.45, 2.75) is 6.42 Å². The Morgan fingerprint density at radius 1 is 1.31 bits per heavy atom. The molecule has 0 amide bonds. The summed E-state index contributed by atoms with van der Waals surface area (Å²) in [6, 6.07) is 7.59. The number of fused-ring (bicyclic) bond motifs is 1. The monoisotopic (exact) mass is 262 g/mol. The smallest absolute Gasteiger partial charge is 0.236 e. The Balaban J connectivity index is 0.00000128. The van der Waals surface area contributed by atoms with E-state index in [0.29, 0.717) is 6.54 Å². The van der Waals surface area contributed by atoms with Gasteiger partial charge in [-0.2, -0.15) is 0 Å². The van der Waals surface area contributed by atoms with Gasteiger partial charge < -0.3 is 5.73 Å². The lowest BCUT2D eigenvalue weighted by Crippen LogP contribution is -2.33. The highest BCUT2D eigenvalue weighted by atomic mass is 35.5. The van der Waals surface area contributed by atoms with Crippen molar-refractivity contribution in [1.82, 2.24) is 0 Å². The topological polar surface area (TPSA) is 63.4 Å². The molecule has 4 nitrogen and oxygen atoms in total. The van der Waals surface area contributed by atoms with Crippen molar-refractivity contribution < 1.29 is 8.42 Å². The van der Waals surface area contributed by atoms with Crippen molar-refractivity contribution in [2.75, 3.05) is 23.1 Å². The quantitative estimate of drug-likeness (QED) is 0.875. The number of halogens is 1. The Labute approximate surface area is 102 Å². The molecule has 0 bridgehead atoms. The van der Waals surface area contributed by atoms with Crippen LogP contribution in [0.1, 0.15) is 5.56 Å². The predicted molar refractivity (Wildman–Crippen MR) is 67.6 cm³/mol. The average Bonchev–Trinajstić information content (AvgIpc) is 2.61. The summed E-state index contributed by atoms with van der Waals surface area (Å²) >= 11 is 0. The standard InChI is InChI=1S/C10H14N2O2S.ClH/c11-6-8-15(13,14)12-7-5-9-3-1-2-4-10(9)12;/h1-4H,5-8,11H2;1H. The summed E-state index contributed by atoms with van der Waals surface area (Å²) in [5.74, 6) is 0.0152. The Morgan fingerprint density at radius 2 is 2.00 bits per heavy atom. The number of benzene rings is 1. The molecule has 0 aromatic heterocycles. The van der Waals surface area contributed by atoms with E-state index in [1.54, 1.807) is 0 Å². The van der Waals surface area contributed by atoms with Gasteiger partial charge in [-0.3, -0.25) is 4.31 Å². The Bertz CT molecular complexity index is 462. The molecule has 0 saturated heterocycles. The van der Waals surface area contributed by atoms with Crippen molar-refractivity contribution in [3.63, 3.8) is 0 Å². The van der Waals surface area contributed by atoms with Crippen LogP contribution < -0.4 is 10.0 Å². The highest BCUT2D eigenvalue weighted by Gasteiger charge is 2.27. The van der Waals surface area contributed by atoms with Crippen LogP contribution >= 0.6 is 12.4 Å². The van der Waals surface area contributed by atoms with Gasteiger partial charge in [0.1, 0.15) is 0 Å². The molecule has 1 aliphatic heterocycles. The van der Waals surface area contributed by atoms with Crippen LogP contribution in [0.4, 0.5) is 5.69 Å². The first-order chi connectivity index (χ1) is 7.15.